The molecule has 0 radical (unpaired) electrons. The molecule has 1 heterocycles. The summed E-state index contributed by atoms with van der Waals surface area (Å²) in [5.74, 6) is 0.0197. The minimum atomic E-state index is -3.48. The monoisotopic (exact) mass is 481 g/mol. The molecule has 0 atom stereocenters. The average Bonchev–Trinajstić information content (AvgIpc) is 2.84. The zero-order valence-corrected chi connectivity index (χ0v) is 20.5. The van der Waals surface area contributed by atoms with Gasteiger partial charge in [-0.25, -0.2) is 8.42 Å². The van der Waals surface area contributed by atoms with Crippen molar-refractivity contribution in [2.45, 2.75) is 13.8 Å². The van der Waals surface area contributed by atoms with E-state index in [4.69, 9.17) is 4.74 Å². The minimum Gasteiger partial charge on any atom is -0.493 e. The van der Waals surface area contributed by atoms with Crippen molar-refractivity contribution in [3.05, 3.63) is 71.8 Å². The first-order chi connectivity index (χ1) is 16.4. The van der Waals surface area contributed by atoms with E-state index in [1.54, 1.807) is 6.07 Å². The van der Waals surface area contributed by atoms with Crippen molar-refractivity contribution >= 4 is 32.4 Å². The lowest BCUT2D eigenvalue weighted by Gasteiger charge is -2.35. The van der Waals surface area contributed by atoms with E-state index >= 15 is 0 Å². The predicted octanol–water partition coefficient (Wildman–Crippen LogP) is 3.43. The van der Waals surface area contributed by atoms with Crippen molar-refractivity contribution in [1.29, 1.82) is 0 Å². The van der Waals surface area contributed by atoms with Crippen LogP contribution in [0.5, 0.6) is 5.75 Å². The maximum absolute atomic E-state index is 13.0. The van der Waals surface area contributed by atoms with Gasteiger partial charge >= 0.3 is 0 Å². The number of sulfonamides is 1. The van der Waals surface area contributed by atoms with Crippen LogP contribution in [-0.2, 0) is 10.0 Å². The summed E-state index contributed by atoms with van der Waals surface area (Å²) in [7, 11) is -3.48. The lowest BCUT2D eigenvalue weighted by molar-refractivity contribution is 0.0954. The Labute approximate surface area is 201 Å². The molecule has 1 saturated heterocycles. The fourth-order valence-corrected chi connectivity index (χ4v) is 5.66. The molecule has 180 valence electrons. The van der Waals surface area contributed by atoms with Crippen LogP contribution in [0.2, 0.25) is 0 Å². The lowest BCUT2D eigenvalue weighted by atomic mass is 10.0. The van der Waals surface area contributed by atoms with Gasteiger partial charge in [-0.3, -0.25) is 4.79 Å². The lowest BCUT2D eigenvalue weighted by Crippen LogP contribution is -2.50. The van der Waals surface area contributed by atoms with Crippen molar-refractivity contribution in [3.63, 3.8) is 0 Å². The molecule has 1 aliphatic rings. The van der Waals surface area contributed by atoms with E-state index in [2.05, 4.69) is 22.3 Å². The number of benzene rings is 3. The van der Waals surface area contributed by atoms with Crippen molar-refractivity contribution in [2.75, 3.05) is 50.0 Å². The van der Waals surface area contributed by atoms with Gasteiger partial charge in [-0.15, -0.1) is 0 Å². The second-order valence-corrected chi connectivity index (χ2v) is 10.5. The smallest absolute Gasteiger partial charge is 0.255 e. The van der Waals surface area contributed by atoms with Crippen LogP contribution in [0.4, 0.5) is 5.69 Å². The van der Waals surface area contributed by atoms with Crippen LogP contribution < -0.4 is 15.0 Å². The normalized spacial score (nSPS) is 14.8. The van der Waals surface area contributed by atoms with Gasteiger partial charge in [0, 0.05) is 38.4 Å². The number of amides is 1. The second-order valence-electron chi connectivity index (χ2n) is 8.39. The molecule has 0 aromatic heterocycles. The number of carbonyl (C=O) groups excluding carboxylic acids is 1. The third-order valence-electron chi connectivity index (χ3n) is 6.06. The Balaban J connectivity index is 1.37. The summed E-state index contributed by atoms with van der Waals surface area (Å²) >= 11 is 0. The van der Waals surface area contributed by atoms with Crippen LogP contribution in [0.15, 0.2) is 60.7 Å². The number of nitrogens with one attached hydrogen (secondary N) is 1. The van der Waals surface area contributed by atoms with Gasteiger partial charge in [0.25, 0.3) is 5.91 Å². The number of ether oxygens (including phenoxy) is 1. The standard InChI is InChI=1S/C26H31N3O4S/c1-3-33-24-12-11-21-8-4-5-10-23(21)25(24)26(30)27-13-18-34(31,32)29-16-14-28(15-17-29)22-9-6-7-20(2)19-22/h4-12,19H,3,13-18H2,1-2H3,(H,27,30). The van der Waals surface area contributed by atoms with Gasteiger partial charge in [-0.05, 0) is 48.4 Å². The number of carbonyl (C=O) groups is 1. The van der Waals surface area contributed by atoms with E-state index < -0.39 is 10.0 Å². The molecular formula is C26H31N3O4S. The fourth-order valence-electron chi connectivity index (χ4n) is 4.32. The first kappa shape index (κ1) is 24.0. The van der Waals surface area contributed by atoms with Crippen LogP contribution in [-0.4, -0.2) is 63.7 Å². The van der Waals surface area contributed by atoms with Crippen LogP contribution in [0.3, 0.4) is 0 Å². The van der Waals surface area contributed by atoms with E-state index in [9.17, 15) is 13.2 Å². The predicted molar refractivity (Wildman–Crippen MR) is 136 cm³/mol. The molecule has 0 spiro atoms. The highest BCUT2D eigenvalue weighted by Gasteiger charge is 2.27. The molecule has 3 aromatic carbocycles. The largest absolute Gasteiger partial charge is 0.493 e. The Morgan fingerprint density at radius 3 is 2.50 bits per heavy atom. The van der Waals surface area contributed by atoms with Gasteiger partial charge < -0.3 is 15.0 Å². The molecular weight excluding hydrogens is 450 g/mol. The molecule has 3 aromatic rings. The average molecular weight is 482 g/mol. The molecule has 1 N–H and O–H groups in total. The summed E-state index contributed by atoms with van der Waals surface area (Å²) in [4.78, 5) is 15.2. The molecule has 8 heteroatoms. The maximum Gasteiger partial charge on any atom is 0.255 e. The Bertz CT molecular complexity index is 1270. The molecule has 0 saturated carbocycles. The van der Waals surface area contributed by atoms with Crippen LogP contribution >= 0.6 is 0 Å². The van der Waals surface area contributed by atoms with E-state index in [0.29, 0.717) is 44.1 Å². The SMILES string of the molecule is CCOc1ccc2ccccc2c1C(=O)NCCS(=O)(=O)N1CCN(c2cccc(C)c2)CC1. The van der Waals surface area contributed by atoms with Gasteiger partial charge in [-0.2, -0.15) is 4.31 Å². The summed E-state index contributed by atoms with van der Waals surface area (Å²) in [6, 6.07) is 19.5. The van der Waals surface area contributed by atoms with Crippen molar-refractivity contribution in [3.8, 4) is 5.75 Å². The maximum atomic E-state index is 13.0. The highest BCUT2D eigenvalue weighted by molar-refractivity contribution is 7.89. The zero-order valence-electron chi connectivity index (χ0n) is 19.7. The Hall–Kier alpha value is -3.10. The van der Waals surface area contributed by atoms with Crippen LogP contribution in [0.25, 0.3) is 10.8 Å². The first-order valence-electron chi connectivity index (χ1n) is 11.6. The number of fused-ring (bicyclic) bond motifs is 1. The van der Waals surface area contributed by atoms with Gasteiger partial charge in [0.1, 0.15) is 5.75 Å². The fraction of sp³-hybridized carbons (Fsp3) is 0.346. The summed E-state index contributed by atoms with van der Waals surface area (Å²) in [5.41, 5.74) is 2.73. The van der Waals surface area contributed by atoms with Crippen molar-refractivity contribution in [2.24, 2.45) is 0 Å². The topological polar surface area (TPSA) is 78.9 Å². The number of piperazine rings is 1. The molecule has 0 aliphatic carbocycles. The van der Waals surface area contributed by atoms with Gasteiger partial charge in [0.05, 0.1) is 17.9 Å². The Morgan fingerprint density at radius 2 is 1.76 bits per heavy atom. The summed E-state index contributed by atoms with van der Waals surface area (Å²) in [6.07, 6.45) is 0. The van der Waals surface area contributed by atoms with E-state index in [-0.39, 0.29) is 18.2 Å². The van der Waals surface area contributed by atoms with Crippen molar-refractivity contribution in [1.82, 2.24) is 9.62 Å². The summed E-state index contributed by atoms with van der Waals surface area (Å²) in [5, 5.41) is 4.50. The second kappa shape index (κ2) is 10.4. The molecule has 1 fully saturated rings. The third kappa shape index (κ3) is 5.34. The van der Waals surface area contributed by atoms with Crippen LogP contribution in [0.1, 0.15) is 22.8 Å². The van der Waals surface area contributed by atoms with Gasteiger partial charge in [-0.1, -0.05) is 42.5 Å². The van der Waals surface area contributed by atoms with Crippen molar-refractivity contribution < 1.29 is 17.9 Å². The van der Waals surface area contributed by atoms with E-state index in [0.717, 1.165) is 16.5 Å². The number of hydrogen-bond donors (Lipinski definition) is 1. The Morgan fingerprint density at radius 1 is 1.00 bits per heavy atom. The molecule has 7 nitrogen and oxygen atoms in total. The van der Waals surface area contributed by atoms with E-state index in [1.807, 2.05) is 56.3 Å². The highest BCUT2D eigenvalue weighted by Crippen LogP contribution is 2.28. The molecule has 4 rings (SSSR count). The van der Waals surface area contributed by atoms with Gasteiger partial charge in [0.2, 0.25) is 10.0 Å². The summed E-state index contributed by atoms with van der Waals surface area (Å²) < 4.78 is 33.0. The number of nitrogens with zero attached hydrogens (tertiary/aromatic N) is 2. The number of aryl methyl sites for hydroxylation is 1. The highest BCUT2D eigenvalue weighted by atomic mass is 32.2. The number of hydrogen-bond acceptors (Lipinski definition) is 5. The Kier molecular flexibility index (Phi) is 7.38. The first-order valence-corrected chi connectivity index (χ1v) is 13.2. The van der Waals surface area contributed by atoms with Crippen LogP contribution in [0, 0.1) is 6.92 Å². The molecule has 0 bridgehead atoms. The molecule has 34 heavy (non-hydrogen) atoms. The minimum absolute atomic E-state index is 0.0358. The van der Waals surface area contributed by atoms with Gasteiger partial charge in [0.15, 0.2) is 0 Å². The third-order valence-corrected chi connectivity index (χ3v) is 7.93. The number of anilines is 1. The summed E-state index contributed by atoms with van der Waals surface area (Å²) in [6.45, 7) is 6.53. The quantitative estimate of drug-likeness (QED) is 0.533. The zero-order chi connectivity index (χ0) is 24.1. The molecule has 0 unspecified atom stereocenters. The molecule has 1 amide bonds. The van der Waals surface area contributed by atoms with E-state index in [1.165, 1.54) is 9.87 Å². The molecule has 1 aliphatic heterocycles. The number of rotatable bonds is 8.